The first-order chi connectivity index (χ1) is 15.9. The summed E-state index contributed by atoms with van der Waals surface area (Å²) < 4.78 is 11.2. The maximum Gasteiger partial charge on any atom is 0.269 e. The molecule has 2 aromatic carbocycles. The van der Waals surface area contributed by atoms with E-state index in [0.717, 1.165) is 12.8 Å². The van der Waals surface area contributed by atoms with Crippen molar-refractivity contribution in [2.45, 2.75) is 12.8 Å². The quantitative estimate of drug-likeness (QED) is 0.233. The van der Waals surface area contributed by atoms with Crippen molar-refractivity contribution in [3.05, 3.63) is 58.1 Å². The molecule has 1 aliphatic rings. The predicted octanol–water partition coefficient (Wildman–Crippen LogP) is 2.77. The number of methoxy groups -OCH3 is 1. The van der Waals surface area contributed by atoms with Gasteiger partial charge in [0.05, 0.1) is 12.2 Å². The van der Waals surface area contributed by atoms with E-state index in [2.05, 4.69) is 37.4 Å². The van der Waals surface area contributed by atoms with Gasteiger partial charge < -0.3 is 14.8 Å². The molecule has 0 aromatic heterocycles. The zero-order valence-corrected chi connectivity index (χ0v) is 20.2. The third-order valence-electron chi connectivity index (χ3n) is 4.61. The molecule has 0 heterocycles. The third kappa shape index (κ3) is 7.52. The molecule has 0 aliphatic heterocycles. The van der Waals surface area contributed by atoms with Crippen LogP contribution in [0.15, 0.2) is 46.9 Å². The van der Waals surface area contributed by atoms with Gasteiger partial charge in [0.15, 0.2) is 5.11 Å². The largest absolute Gasteiger partial charge is 0.490 e. The number of amides is 3. The van der Waals surface area contributed by atoms with Gasteiger partial charge in [-0.25, -0.2) is 0 Å². The molecule has 0 spiro atoms. The Bertz CT molecular complexity index is 1040. The Balaban J connectivity index is 1.50. The standard InChI is InChI=1S/C22H23BrN4O5S/c1-31-10-11-32-18-9-6-15(23)12-17(18)21(30)25-22(33)27-26-20(29)14-4-7-16(8-5-14)24-19(28)13-2-3-13/h4-9,12-13H,2-3,10-11H2,1H3,(H,24,28)(H,26,29)(H2,25,27,30,33). The molecular weight excluding hydrogens is 512 g/mol. The van der Waals surface area contributed by atoms with Crippen LogP contribution in [0.2, 0.25) is 0 Å². The molecule has 0 radical (unpaired) electrons. The van der Waals surface area contributed by atoms with Crippen LogP contribution in [0.4, 0.5) is 5.69 Å². The maximum absolute atomic E-state index is 12.6. The number of halogens is 1. The van der Waals surface area contributed by atoms with Gasteiger partial charge in [-0.05, 0) is 67.5 Å². The smallest absolute Gasteiger partial charge is 0.269 e. The molecule has 4 N–H and O–H groups in total. The summed E-state index contributed by atoms with van der Waals surface area (Å²) in [5, 5.41) is 5.21. The van der Waals surface area contributed by atoms with Crippen molar-refractivity contribution < 1.29 is 23.9 Å². The van der Waals surface area contributed by atoms with E-state index in [4.69, 9.17) is 21.7 Å². The first-order valence-corrected chi connectivity index (χ1v) is 11.3. The second-order valence-electron chi connectivity index (χ2n) is 7.18. The summed E-state index contributed by atoms with van der Waals surface area (Å²) in [7, 11) is 1.55. The number of hydrogen-bond donors (Lipinski definition) is 4. The van der Waals surface area contributed by atoms with Crippen LogP contribution in [0.25, 0.3) is 0 Å². The number of thiocarbonyl (C=S) groups is 1. The van der Waals surface area contributed by atoms with Gasteiger partial charge in [0.25, 0.3) is 11.8 Å². The van der Waals surface area contributed by atoms with Gasteiger partial charge in [0.1, 0.15) is 12.4 Å². The number of hydrogen-bond acceptors (Lipinski definition) is 6. The zero-order valence-electron chi connectivity index (χ0n) is 17.8. The molecule has 33 heavy (non-hydrogen) atoms. The Morgan fingerprint density at radius 2 is 1.76 bits per heavy atom. The molecule has 0 saturated heterocycles. The van der Waals surface area contributed by atoms with Crippen LogP contribution in [0, 0.1) is 5.92 Å². The molecule has 11 heteroatoms. The van der Waals surface area contributed by atoms with Crippen molar-refractivity contribution in [3.8, 4) is 5.75 Å². The highest BCUT2D eigenvalue weighted by atomic mass is 79.9. The third-order valence-corrected chi connectivity index (χ3v) is 5.31. The minimum absolute atomic E-state index is 0.00680. The summed E-state index contributed by atoms with van der Waals surface area (Å²) in [4.78, 5) is 36.8. The van der Waals surface area contributed by atoms with Crippen molar-refractivity contribution >= 4 is 56.7 Å². The van der Waals surface area contributed by atoms with E-state index in [1.165, 1.54) is 0 Å². The second kappa shape index (κ2) is 11.7. The molecular formula is C22H23BrN4O5S. The number of hydrazine groups is 1. The van der Waals surface area contributed by atoms with E-state index in [-0.39, 0.29) is 29.1 Å². The minimum atomic E-state index is -0.508. The Labute approximate surface area is 204 Å². The maximum atomic E-state index is 12.6. The summed E-state index contributed by atoms with van der Waals surface area (Å²) in [6, 6.07) is 11.4. The molecule has 3 amide bonds. The number of carbonyl (C=O) groups is 3. The SMILES string of the molecule is COCCOc1ccc(Br)cc1C(=O)NC(=S)NNC(=O)c1ccc(NC(=O)C2CC2)cc1. The van der Waals surface area contributed by atoms with Crippen molar-refractivity contribution in [1.29, 1.82) is 0 Å². The summed E-state index contributed by atoms with van der Waals surface area (Å²) in [5.74, 6) is -0.511. The number of ether oxygens (including phenoxy) is 2. The van der Waals surface area contributed by atoms with Gasteiger partial charge in [-0.15, -0.1) is 0 Å². The second-order valence-corrected chi connectivity index (χ2v) is 8.51. The van der Waals surface area contributed by atoms with Gasteiger partial charge in [-0.2, -0.15) is 0 Å². The number of rotatable bonds is 8. The fourth-order valence-corrected chi connectivity index (χ4v) is 3.23. The van der Waals surface area contributed by atoms with Crippen LogP contribution in [0.1, 0.15) is 33.6 Å². The highest BCUT2D eigenvalue weighted by Gasteiger charge is 2.29. The van der Waals surface area contributed by atoms with Gasteiger partial charge in [-0.3, -0.25) is 30.6 Å². The average Bonchev–Trinajstić information content (AvgIpc) is 3.64. The summed E-state index contributed by atoms with van der Waals surface area (Å²) in [6.45, 7) is 0.650. The molecule has 1 saturated carbocycles. The lowest BCUT2D eigenvalue weighted by Gasteiger charge is -2.14. The lowest BCUT2D eigenvalue weighted by Crippen LogP contribution is -2.48. The Kier molecular flexibility index (Phi) is 8.75. The molecule has 0 atom stereocenters. The van der Waals surface area contributed by atoms with Crippen LogP contribution < -0.4 is 26.2 Å². The predicted molar refractivity (Wildman–Crippen MR) is 130 cm³/mol. The molecule has 0 unspecified atom stereocenters. The van der Waals surface area contributed by atoms with Gasteiger partial charge in [0.2, 0.25) is 5.91 Å². The van der Waals surface area contributed by atoms with E-state index >= 15 is 0 Å². The Hall–Kier alpha value is -3.02. The molecule has 0 bridgehead atoms. The molecule has 174 valence electrons. The van der Waals surface area contributed by atoms with E-state index in [0.29, 0.717) is 28.1 Å². The fraction of sp³-hybridized carbons (Fsp3) is 0.273. The topological polar surface area (TPSA) is 118 Å². The number of anilines is 1. The number of benzene rings is 2. The monoisotopic (exact) mass is 534 g/mol. The van der Waals surface area contributed by atoms with Crippen LogP contribution in [-0.4, -0.2) is 43.2 Å². The van der Waals surface area contributed by atoms with Crippen molar-refractivity contribution in [2.24, 2.45) is 5.92 Å². The first kappa shape index (κ1) is 24.6. The van der Waals surface area contributed by atoms with Gasteiger partial charge >= 0.3 is 0 Å². The minimum Gasteiger partial charge on any atom is -0.490 e. The number of nitrogens with one attached hydrogen (secondary N) is 4. The normalized spacial score (nSPS) is 12.4. The van der Waals surface area contributed by atoms with Gasteiger partial charge in [-0.1, -0.05) is 15.9 Å². The lowest BCUT2D eigenvalue weighted by atomic mass is 10.2. The van der Waals surface area contributed by atoms with Crippen molar-refractivity contribution in [1.82, 2.24) is 16.2 Å². The molecule has 3 rings (SSSR count). The fourth-order valence-electron chi connectivity index (χ4n) is 2.72. The molecule has 9 nitrogen and oxygen atoms in total. The highest BCUT2D eigenvalue weighted by Crippen LogP contribution is 2.30. The molecule has 2 aromatic rings. The summed E-state index contributed by atoms with van der Waals surface area (Å²) in [5.41, 5.74) is 6.15. The Morgan fingerprint density at radius 3 is 2.42 bits per heavy atom. The summed E-state index contributed by atoms with van der Waals surface area (Å²) >= 11 is 8.43. The Morgan fingerprint density at radius 1 is 1.03 bits per heavy atom. The van der Waals surface area contributed by atoms with E-state index in [9.17, 15) is 14.4 Å². The van der Waals surface area contributed by atoms with E-state index in [1.807, 2.05) is 0 Å². The summed E-state index contributed by atoms with van der Waals surface area (Å²) in [6.07, 6.45) is 1.83. The van der Waals surface area contributed by atoms with Crippen molar-refractivity contribution in [2.75, 3.05) is 25.6 Å². The van der Waals surface area contributed by atoms with Gasteiger partial charge in [0, 0.05) is 28.8 Å². The zero-order chi connectivity index (χ0) is 23.8. The van der Waals surface area contributed by atoms with Crippen LogP contribution in [0.3, 0.4) is 0 Å². The average molecular weight is 535 g/mol. The van der Waals surface area contributed by atoms with E-state index < -0.39 is 11.8 Å². The number of carbonyl (C=O) groups excluding carboxylic acids is 3. The van der Waals surface area contributed by atoms with Crippen LogP contribution in [0.5, 0.6) is 5.75 Å². The highest BCUT2D eigenvalue weighted by molar-refractivity contribution is 9.10. The van der Waals surface area contributed by atoms with Crippen LogP contribution >= 0.6 is 28.1 Å². The molecule has 1 fully saturated rings. The first-order valence-electron chi connectivity index (χ1n) is 10.1. The molecule has 1 aliphatic carbocycles. The van der Waals surface area contributed by atoms with Crippen LogP contribution in [-0.2, 0) is 9.53 Å². The van der Waals surface area contributed by atoms with E-state index in [1.54, 1.807) is 49.6 Å². The van der Waals surface area contributed by atoms with Crippen molar-refractivity contribution in [3.63, 3.8) is 0 Å². The lowest BCUT2D eigenvalue weighted by molar-refractivity contribution is -0.117.